The molecule has 1 fully saturated rings. The number of H-pyrrole nitrogens is 1. The summed E-state index contributed by atoms with van der Waals surface area (Å²) in [7, 11) is 0. The third-order valence-electron chi connectivity index (χ3n) is 5.79. The zero-order valence-corrected chi connectivity index (χ0v) is 17.3. The van der Waals surface area contributed by atoms with E-state index in [2.05, 4.69) is 11.9 Å². The number of quaternary nitrogens is 2. The number of fused-ring (bicyclic) bond motifs is 1. The number of benzene rings is 2. The van der Waals surface area contributed by atoms with Crippen molar-refractivity contribution in [2.45, 2.75) is 13.0 Å². The van der Waals surface area contributed by atoms with E-state index in [-0.39, 0.29) is 11.6 Å². The lowest BCUT2D eigenvalue weighted by Crippen LogP contribution is -3.28. The number of ether oxygens (including phenoxy) is 1. The minimum Gasteiger partial charge on any atom is -0.488 e. The topological polar surface area (TPSA) is 63.9 Å². The van der Waals surface area contributed by atoms with Crippen LogP contribution in [0.25, 0.3) is 10.9 Å². The third-order valence-corrected chi connectivity index (χ3v) is 6.04. The molecule has 0 spiro atoms. The van der Waals surface area contributed by atoms with Gasteiger partial charge < -0.3 is 19.5 Å². The van der Waals surface area contributed by atoms with Crippen molar-refractivity contribution >= 4 is 22.5 Å². The molecule has 1 atom stereocenters. The number of hydrogen-bond acceptors (Lipinski definition) is 3. The lowest BCUT2D eigenvalue weighted by Gasteiger charge is -2.32. The maximum absolute atomic E-state index is 12.4. The number of hydrogen-bond donors (Lipinski definition) is 3. The van der Waals surface area contributed by atoms with Gasteiger partial charge in [0.1, 0.15) is 51.1 Å². The van der Waals surface area contributed by atoms with E-state index in [1.54, 1.807) is 4.90 Å². The first-order valence-corrected chi connectivity index (χ1v) is 10.5. The molecule has 0 unspecified atom stereocenters. The molecule has 1 aliphatic heterocycles. The Bertz CT molecular complexity index is 1010. The molecule has 1 aliphatic rings. The quantitative estimate of drug-likeness (QED) is 0.550. The Labute approximate surface area is 175 Å². The van der Waals surface area contributed by atoms with E-state index in [9.17, 15) is 4.79 Å². The largest absolute Gasteiger partial charge is 0.488 e. The van der Waals surface area contributed by atoms with E-state index in [4.69, 9.17) is 21.3 Å². The number of nitrogens with one attached hydrogen (secondary N) is 3. The fourth-order valence-corrected chi connectivity index (χ4v) is 4.08. The number of aromatic nitrogens is 2. The minimum absolute atomic E-state index is 0.0551. The summed E-state index contributed by atoms with van der Waals surface area (Å²) in [5.74, 6) is 1.64. The first kappa shape index (κ1) is 19.9. The van der Waals surface area contributed by atoms with Crippen molar-refractivity contribution in [2.24, 2.45) is 0 Å². The highest BCUT2D eigenvalue weighted by molar-refractivity contribution is 6.30. The Kier molecular flexibility index (Phi) is 6.13. The van der Waals surface area contributed by atoms with E-state index in [1.165, 1.54) is 4.90 Å². The van der Waals surface area contributed by atoms with Gasteiger partial charge in [-0.2, -0.15) is 0 Å². The van der Waals surface area contributed by atoms with Crippen molar-refractivity contribution < 1.29 is 14.5 Å². The van der Waals surface area contributed by atoms with Gasteiger partial charge in [0.15, 0.2) is 5.82 Å². The Balaban J connectivity index is 1.30. The highest BCUT2D eigenvalue weighted by Gasteiger charge is 2.29. The monoisotopic (exact) mass is 414 g/mol. The molecule has 7 heteroatoms. The Hall–Kier alpha value is -2.41. The van der Waals surface area contributed by atoms with Gasteiger partial charge in [0.05, 0.1) is 10.9 Å². The Morgan fingerprint density at radius 1 is 1.10 bits per heavy atom. The molecule has 3 aromatic rings. The summed E-state index contributed by atoms with van der Waals surface area (Å²) in [5, 5.41) is 1.37. The first-order valence-electron chi connectivity index (χ1n) is 10.2. The maximum atomic E-state index is 12.4. The van der Waals surface area contributed by atoms with Gasteiger partial charge in [0.2, 0.25) is 0 Å². The molecule has 0 radical (unpaired) electrons. The summed E-state index contributed by atoms with van der Waals surface area (Å²) in [6, 6.07) is 15.2. The number of halogens is 1. The van der Waals surface area contributed by atoms with Crippen molar-refractivity contribution in [1.82, 2.24) is 9.97 Å². The zero-order valence-electron chi connectivity index (χ0n) is 16.6. The van der Waals surface area contributed by atoms with Crippen LogP contribution < -0.4 is 20.1 Å². The van der Waals surface area contributed by atoms with E-state index < -0.39 is 0 Å². The Morgan fingerprint density at radius 2 is 1.83 bits per heavy atom. The predicted octanol–water partition coefficient (Wildman–Crippen LogP) is 0.500. The van der Waals surface area contributed by atoms with Crippen LogP contribution in [-0.2, 0) is 0 Å². The fourth-order valence-electron chi connectivity index (χ4n) is 3.95. The zero-order chi connectivity index (χ0) is 20.2. The molecule has 4 rings (SSSR count). The molecule has 0 aliphatic carbocycles. The molecule has 0 bridgehead atoms. The molecule has 6 nitrogen and oxygen atoms in total. The van der Waals surface area contributed by atoms with Gasteiger partial charge in [-0.25, -0.2) is 4.98 Å². The van der Waals surface area contributed by atoms with Gasteiger partial charge in [-0.05, 0) is 43.3 Å². The van der Waals surface area contributed by atoms with Crippen molar-refractivity contribution in [3.63, 3.8) is 0 Å². The van der Waals surface area contributed by atoms with Gasteiger partial charge >= 0.3 is 0 Å². The van der Waals surface area contributed by atoms with Crippen LogP contribution in [0.15, 0.2) is 53.3 Å². The first-order chi connectivity index (χ1) is 14.1. The van der Waals surface area contributed by atoms with Crippen LogP contribution in [0, 0.1) is 0 Å². The average Bonchev–Trinajstić information content (AvgIpc) is 2.75. The second-order valence-corrected chi connectivity index (χ2v) is 8.09. The van der Waals surface area contributed by atoms with Gasteiger partial charge in [-0.1, -0.05) is 23.7 Å². The van der Waals surface area contributed by atoms with Gasteiger partial charge in [-0.3, -0.25) is 4.79 Å². The summed E-state index contributed by atoms with van der Waals surface area (Å²) in [4.78, 5) is 23.1. The van der Waals surface area contributed by atoms with Crippen LogP contribution >= 0.6 is 11.6 Å². The minimum atomic E-state index is -0.0551. The van der Waals surface area contributed by atoms with Crippen LogP contribution in [0.4, 0.5) is 0 Å². The van der Waals surface area contributed by atoms with Crippen LogP contribution in [0.3, 0.4) is 0 Å². The SMILES string of the molecule is C[C@H](c1nc2ccccc2c(=O)[nH]1)[NH+]1CC[NH+](CCOc2ccc(Cl)cc2)CC1. The van der Waals surface area contributed by atoms with Crippen LogP contribution in [0.5, 0.6) is 5.75 Å². The third kappa shape index (κ3) is 4.78. The predicted molar refractivity (Wildman–Crippen MR) is 114 cm³/mol. The second kappa shape index (κ2) is 8.95. The maximum Gasteiger partial charge on any atom is 0.258 e. The van der Waals surface area contributed by atoms with Crippen molar-refractivity contribution in [1.29, 1.82) is 0 Å². The summed E-state index contributed by atoms with van der Waals surface area (Å²) in [5.41, 5.74) is 0.710. The van der Waals surface area contributed by atoms with Crippen LogP contribution in [0.1, 0.15) is 18.8 Å². The molecule has 1 aromatic heterocycles. The van der Waals surface area contributed by atoms with E-state index >= 15 is 0 Å². The van der Waals surface area contributed by atoms with Gasteiger partial charge in [0, 0.05) is 5.02 Å². The normalized spacial score (nSPS) is 20.5. The average molecular weight is 415 g/mol. The van der Waals surface area contributed by atoms with Gasteiger partial charge in [0.25, 0.3) is 5.56 Å². The smallest absolute Gasteiger partial charge is 0.258 e. The highest BCUT2D eigenvalue weighted by atomic mass is 35.5. The molecule has 2 heterocycles. The highest BCUT2D eigenvalue weighted by Crippen LogP contribution is 2.15. The summed E-state index contributed by atoms with van der Waals surface area (Å²) in [6.45, 7) is 8.10. The molecular weight excluding hydrogens is 388 g/mol. The lowest BCUT2D eigenvalue weighted by molar-refractivity contribution is -1.03. The fraction of sp³-hybridized carbons (Fsp3) is 0.364. The number of para-hydroxylation sites is 1. The van der Waals surface area contributed by atoms with Crippen molar-refractivity contribution in [3.8, 4) is 5.75 Å². The number of piperazine rings is 1. The summed E-state index contributed by atoms with van der Waals surface area (Å²) >= 11 is 5.90. The van der Waals surface area contributed by atoms with Crippen LogP contribution in [0.2, 0.25) is 5.02 Å². The molecule has 152 valence electrons. The number of aromatic amines is 1. The standard InChI is InChI=1S/C22H25ClN4O2/c1-16(21-24-20-5-3-2-4-19(20)22(28)25-21)27-12-10-26(11-13-27)14-15-29-18-8-6-17(23)7-9-18/h2-9,16H,10-15H2,1H3,(H,24,25,28)/p+2/t16-/m1/s1. The van der Waals surface area contributed by atoms with E-state index in [1.807, 2.05) is 48.5 Å². The van der Waals surface area contributed by atoms with Crippen LogP contribution in [-0.4, -0.2) is 49.3 Å². The van der Waals surface area contributed by atoms with E-state index in [0.717, 1.165) is 54.8 Å². The van der Waals surface area contributed by atoms with Gasteiger partial charge in [-0.15, -0.1) is 0 Å². The molecule has 0 amide bonds. The molecular formula is C22H27ClN4O2+2. The second-order valence-electron chi connectivity index (χ2n) is 7.65. The summed E-state index contributed by atoms with van der Waals surface area (Å²) in [6.07, 6.45) is 0. The van der Waals surface area contributed by atoms with Crippen molar-refractivity contribution in [2.75, 3.05) is 39.3 Å². The molecule has 29 heavy (non-hydrogen) atoms. The molecule has 0 saturated carbocycles. The molecule has 2 aromatic carbocycles. The lowest BCUT2D eigenvalue weighted by atomic mass is 10.2. The van der Waals surface area contributed by atoms with Crippen molar-refractivity contribution in [3.05, 3.63) is 69.7 Å². The summed E-state index contributed by atoms with van der Waals surface area (Å²) < 4.78 is 5.83. The number of rotatable bonds is 6. The van der Waals surface area contributed by atoms with E-state index in [0.29, 0.717) is 12.0 Å². The molecule has 1 saturated heterocycles. The number of nitrogens with zero attached hydrogens (tertiary/aromatic N) is 1. The Morgan fingerprint density at radius 3 is 2.59 bits per heavy atom. The molecule has 3 N–H and O–H groups in total.